The zero-order valence-electron chi connectivity index (χ0n) is 15.1. The molecule has 140 valence electrons. The lowest BCUT2D eigenvalue weighted by atomic mass is 10.1. The van der Waals surface area contributed by atoms with Crippen molar-refractivity contribution in [2.45, 2.75) is 6.42 Å². The van der Waals surface area contributed by atoms with Crippen LogP contribution in [0.4, 0.5) is 5.69 Å². The SMILES string of the molecule is O=C(Cc1ccc([N+](=O)[O-])cc1)NCC#CCOc1cccc2ccccc12. The number of ether oxygens (including phenoxy) is 1. The molecule has 6 heteroatoms. The van der Waals surface area contributed by atoms with Crippen LogP contribution in [-0.2, 0) is 11.2 Å². The predicted octanol–water partition coefficient (Wildman–Crippen LogP) is 3.49. The Kier molecular flexibility index (Phi) is 6.21. The Morgan fingerprint density at radius 3 is 2.54 bits per heavy atom. The van der Waals surface area contributed by atoms with Gasteiger partial charge in [0.25, 0.3) is 5.69 Å². The van der Waals surface area contributed by atoms with Crippen LogP contribution in [0, 0.1) is 22.0 Å². The molecule has 3 aromatic rings. The highest BCUT2D eigenvalue weighted by molar-refractivity contribution is 5.88. The maximum atomic E-state index is 11.9. The van der Waals surface area contributed by atoms with E-state index in [0.717, 1.165) is 16.5 Å². The summed E-state index contributed by atoms with van der Waals surface area (Å²) in [6, 6.07) is 19.7. The minimum Gasteiger partial charge on any atom is -0.480 e. The van der Waals surface area contributed by atoms with Gasteiger partial charge in [-0.05, 0) is 17.0 Å². The molecule has 3 rings (SSSR count). The normalized spacial score (nSPS) is 10.0. The lowest BCUT2D eigenvalue weighted by Crippen LogP contribution is -2.25. The van der Waals surface area contributed by atoms with Gasteiger partial charge < -0.3 is 10.1 Å². The zero-order valence-corrected chi connectivity index (χ0v) is 15.1. The number of nitro groups is 1. The molecule has 0 aromatic heterocycles. The minimum absolute atomic E-state index is 0.00113. The summed E-state index contributed by atoms with van der Waals surface area (Å²) < 4.78 is 5.71. The Morgan fingerprint density at radius 1 is 1.00 bits per heavy atom. The van der Waals surface area contributed by atoms with E-state index in [-0.39, 0.29) is 31.2 Å². The third-order valence-corrected chi connectivity index (χ3v) is 4.06. The fourth-order valence-corrected chi connectivity index (χ4v) is 2.68. The summed E-state index contributed by atoms with van der Waals surface area (Å²) in [5.41, 5.74) is 0.705. The van der Waals surface area contributed by atoms with E-state index < -0.39 is 4.92 Å². The van der Waals surface area contributed by atoms with Crippen molar-refractivity contribution >= 4 is 22.4 Å². The molecule has 0 fully saturated rings. The van der Waals surface area contributed by atoms with Gasteiger partial charge in [-0.1, -0.05) is 60.4 Å². The summed E-state index contributed by atoms with van der Waals surface area (Å²) in [6.07, 6.45) is 0.145. The van der Waals surface area contributed by atoms with Crippen molar-refractivity contribution in [3.05, 3.63) is 82.4 Å². The van der Waals surface area contributed by atoms with E-state index in [2.05, 4.69) is 17.2 Å². The van der Waals surface area contributed by atoms with E-state index in [0.29, 0.717) is 5.56 Å². The van der Waals surface area contributed by atoms with Crippen molar-refractivity contribution in [3.63, 3.8) is 0 Å². The average molecular weight is 374 g/mol. The average Bonchev–Trinajstić information content (AvgIpc) is 2.71. The van der Waals surface area contributed by atoms with Crippen molar-refractivity contribution in [3.8, 4) is 17.6 Å². The Morgan fingerprint density at radius 2 is 1.75 bits per heavy atom. The summed E-state index contributed by atoms with van der Waals surface area (Å²) in [7, 11) is 0. The molecule has 0 heterocycles. The Labute approximate surface area is 162 Å². The van der Waals surface area contributed by atoms with E-state index in [1.54, 1.807) is 12.1 Å². The second-order valence-corrected chi connectivity index (χ2v) is 6.00. The topological polar surface area (TPSA) is 81.5 Å². The number of hydrogen-bond donors (Lipinski definition) is 1. The first-order valence-corrected chi connectivity index (χ1v) is 8.70. The summed E-state index contributed by atoms with van der Waals surface area (Å²) in [5.74, 6) is 6.30. The molecule has 0 aliphatic rings. The Balaban J connectivity index is 1.43. The second-order valence-electron chi connectivity index (χ2n) is 6.00. The minimum atomic E-state index is -0.472. The van der Waals surface area contributed by atoms with Gasteiger partial charge in [0, 0.05) is 17.5 Å². The van der Waals surface area contributed by atoms with Gasteiger partial charge in [-0.3, -0.25) is 14.9 Å². The number of benzene rings is 3. The number of non-ortho nitro benzene ring substituents is 1. The Bertz CT molecular complexity index is 1040. The fourth-order valence-electron chi connectivity index (χ4n) is 2.68. The first-order valence-electron chi connectivity index (χ1n) is 8.70. The standard InChI is InChI=1S/C22H18N2O4/c25-22(16-17-10-12-19(13-11-17)24(26)27)23-14-3-4-15-28-21-9-5-7-18-6-1-2-8-20(18)21/h1-2,5-13H,14-16H2,(H,23,25). The molecular formula is C22H18N2O4. The number of rotatable bonds is 6. The molecule has 0 atom stereocenters. The van der Waals surface area contributed by atoms with Crippen LogP contribution >= 0.6 is 0 Å². The maximum absolute atomic E-state index is 11.9. The van der Waals surface area contributed by atoms with Crippen LogP contribution in [0.25, 0.3) is 10.8 Å². The number of nitrogens with zero attached hydrogens (tertiary/aromatic N) is 1. The van der Waals surface area contributed by atoms with Gasteiger partial charge in [0.15, 0.2) is 0 Å². The highest BCUT2D eigenvalue weighted by Crippen LogP contribution is 2.24. The van der Waals surface area contributed by atoms with E-state index in [4.69, 9.17) is 4.74 Å². The van der Waals surface area contributed by atoms with E-state index in [1.807, 2.05) is 42.5 Å². The van der Waals surface area contributed by atoms with Gasteiger partial charge in [-0.2, -0.15) is 0 Å². The third kappa shape index (κ3) is 5.08. The molecular weight excluding hydrogens is 356 g/mol. The van der Waals surface area contributed by atoms with Crippen molar-refractivity contribution < 1.29 is 14.5 Å². The van der Waals surface area contributed by atoms with Gasteiger partial charge in [0.05, 0.1) is 17.9 Å². The third-order valence-electron chi connectivity index (χ3n) is 4.06. The number of carbonyl (C=O) groups is 1. The zero-order chi connectivity index (χ0) is 19.8. The molecule has 0 aliphatic carbocycles. The van der Waals surface area contributed by atoms with Crippen molar-refractivity contribution in [2.75, 3.05) is 13.2 Å². The fraction of sp³-hybridized carbons (Fsp3) is 0.136. The van der Waals surface area contributed by atoms with Crippen LogP contribution < -0.4 is 10.1 Å². The smallest absolute Gasteiger partial charge is 0.269 e. The van der Waals surface area contributed by atoms with Crippen LogP contribution in [0.3, 0.4) is 0 Å². The van der Waals surface area contributed by atoms with Gasteiger partial charge in [0.2, 0.25) is 5.91 Å². The van der Waals surface area contributed by atoms with Crippen LogP contribution in [0.15, 0.2) is 66.7 Å². The van der Waals surface area contributed by atoms with E-state index >= 15 is 0 Å². The molecule has 0 saturated heterocycles. The van der Waals surface area contributed by atoms with Crippen molar-refractivity contribution in [1.82, 2.24) is 5.32 Å². The largest absolute Gasteiger partial charge is 0.480 e. The number of hydrogen-bond acceptors (Lipinski definition) is 4. The molecule has 0 unspecified atom stereocenters. The number of nitrogens with one attached hydrogen (secondary N) is 1. The maximum Gasteiger partial charge on any atom is 0.269 e. The lowest BCUT2D eigenvalue weighted by Gasteiger charge is -2.06. The number of nitro benzene ring substituents is 1. The first-order chi connectivity index (χ1) is 13.6. The summed E-state index contributed by atoms with van der Waals surface area (Å²) >= 11 is 0. The molecule has 6 nitrogen and oxygen atoms in total. The molecule has 0 spiro atoms. The molecule has 1 N–H and O–H groups in total. The molecule has 0 bridgehead atoms. The van der Waals surface area contributed by atoms with Crippen LogP contribution in [0.1, 0.15) is 5.56 Å². The summed E-state index contributed by atoms with van der Waals surface area (Å²) in [5, 5.41) is 15.4. The summed E-state index contributed by atoms with van der Waals surface area (Å²) in [4.78, 5) is 22.0. The van der Waals surface area contributed by atoms with E-state index in [1.165, 1.54) is 12.1 Å². The van der Waals surface area contributed by atoms with Crippen LogP contribution in [0.2, 0.25) is 0 Å². The quantitative estimate of drug-likeness (QED) is 0.407. The summed E-state index contributed by atoms with van der Waals surface area (Å²) in [6.45, 7) is 0.441. The van der Waals surface area contributed by atoms with Crippen LogP contribution in [-0.4, -0.2) is 24.0 Å². The molecule has 3 aromatic carbocycles. The lowest BCUT2D eigenvalue weighted by molar-refractivity contribution is -0.384. The first kappa shape index (κ1) is 18.9. The molecule has 0 saturated carbocycles. The van der Waals surface area contributed by atoms with Gasteiger partial charge >= 0.3 is 0 Å². The highest BCUT2D eigenvalue weighted by Gasteiger charge is 2.06. The van der Waals surface area contributed by atoms with Crippen molar-refractivity contribution in [2.24, 2.45) is 0 Å². The molecule has 1 amide bonds. The number of carbonyl (C=O) groups excluding carboxylic acids is 1. The predicted molar refractivity (Wildman–Crippen MR) is 107 cm³/mol. The molecule has 28 heavy (non-hydrogen) atoms. The highest BCUT2D eigenvalue weighted by atomic mass is 16.6. The molecule has 0 aliphatic heterocycles. The van der Waals surface area contributed by atoms with Gasteiger partial charge in [-0.15, -0.1) is 0 Å². The molecule has 0 radical (unpaired) electrons. The number of fused-ring (bicyclic) bond motifs is 1. The van der Waals surface area contributed by atoms with Gasteiger partial charge in [-0.25, -0.2) is 0 Å². The van der Waals surface area contributed by atoms with Crippen LogP contribution in [0.5, 0.6) is 5.75 Å². The van der Waals surface area contributed by atoms with Crippen molar-refractivity contribution in [1.29, 1.82) is 0 Å². The Hall–Kier alpha value is -3.85. The monoisotopic (exact) mass is 374 g/mol. The second kappa shape index (κ2) is 9.19. The van der Waals surface area contributed by atoms with Gasteiger partial charge in [0.1, 0.15) is 12.4 Å². The van der Waals surface area contributed by atoms with E-state index in [9.17, 15) is 14.9 Å². The number of amides is 1.